The van der Waals surface area contributed by atoms with Crippen LogP contribution in [0, 0.1) is 0 Å². The van der Waals surface area contributed by atoms with Crippen molar-refractivity contribution in [2.45, 2.75) is 114 Å². The fraction of sp³-hybridized carbons (Fsp3) is 0.234. The lowest BCUT2D eigenvalue weighted by atomic mass is 9.80. The van der Waals surface area contributed by atoms with E-state index in [2.05, 4.69) is 23.8 Å². The molecule has 2 heterocycles. The molecule has 2 N–H and O–H groups in total. The second-order valence-corrected chi connectivity index (χ2v) is 29.9. The Bertz CT molecular complexity index is 5500. The number of hydrogen-bond acceptors (Lipinski definition) is 22. The van der Waals surface area contributed by atoms with Gasteiger partial charge in [-0.15, -0.1) is 0 Å². The average molecular weight is 1620 g/mol. The fourth-order valence-corrected chi connectivity index (χ4v) is 16.3. The molecule has 6 unspecified atom stereocenters. The molecule has 0 radical (unpaired) electrons. The highest BCUT2D eigenvalue weighted by molar-refractivity contribution is 6.45. The van der Waals surface area contributed by atoms with Gasteiger partial charge in [-0.25, -0.2) is 28.8 Å². The van der Waals surface area contributed by atoms with Crippen LogP contribution in [0.2, 0.25) is 0 Å². The quantitative estimate of drug-likeness (QED) is 0.0127. The number of carbonyl (C=O) groups excluding carboxylic acids is 12. The zero-order valence-electron chi connectivity index (χ0n) is 66.1. The Labute approximate surface area is 687 Å². The van der Waals surface area contributed by atoms with E-state index in [1.165, 1.54) is 164 Å². The maximum Gasteiger partial charge on any atom is 0.337 e. The minimum Gasteiger partial charge on any atom is -0.465 e. The number of methoxy groups -OCH3 is 4. The van der Waals surface area contributed by atoms with Gasteiger partial charge < -0.3 is 58.0 Å². The van der Waals surface area contributed by atoms with Crippen LogP contribution in [0.4, 0.5) is 0 Å². The largest absolute Gasteiger partial charge is 0.465 e. The van der Waals surface area contributed by atoms with Crippen LogP contribution in [0.5, 0.6) is 46.0 Å². The Morgan fingerprint density at radius 3 is 0.917 bits per heavy atom. The van der Waals surface area contributed by atoms with Crippen LogP contribution in [0.1, 0.15) is 159 Å². The van der Waals surface area contributed by atoms with Gasteiger partial charge in [0.05, 0.1) is 72.9 Å². The molecule has 2 fully saturated rings. The highest BCUT2D eigenvalue weighted by Crippen LogP contribution is 2.58. The topological polar surface area (TPSA) is 328 Å². The number of nitrogens with one attached hydrogen (secondary N) is 2. The normalized spacial score (nSPS) is 16.7. The summed E-state index contributed by atoms with van der Waals surface area (Å²) in [5, 5.41) is 5.75. The van der Waals surface area contributed by atoms with Gasteiger partial charge in [-0.05, 0) is 161 Å². The summed E-state index contributed by atoms with van der Waals surface area (Å²) in [6.45, 7) is 10.5. The Kier molecular flexibility index (Phi) is 22.8. The van der Waals surface area contributed by atoms with Crippen LogP contribution < -0.4 is 29.6 Å². The van der Waals surface area contributed by atoms with E-state index in [9.17, 15) is 28.8 Å². The third kappa shape index (κ3) is 15.9. The number of hydrogen-bond donors (Lipinski definition) is 2. The summed E-state index contributed by atoms with van der Waals surface area (Å²) in [6.07, 6.45) is 1.53. The molecule has 6 atom stereocenters. The summed E-state index contributed by atoms with van der Waals surface area (Å²) in [4.78, 5) is 181. The van der Waals surface area contributed by atoms with Crippen LogP contribution in [0.15, 0.2) is 206 Å². The van der Waals surface area contributed by atoms with Crippen molar-refractivity contribution in [1.29, 1.82) is 0 Å². The Morgan fingerprint density at radius 1 is 0.367 bits per heavy atom. The molecule has 6 amide bonds. The molecule has 0 spiro atoms. The van der Waals surface area contributed by atoms with Gasteiger partial charge >= 0.3 is 35.8 Å². The van der Waals surface area contributed by atoms with Crippen molar-refractivity contribution in [2.75, 3.05) is 28.4 Å². The number of rotatable bonds is 26. The minimum atomic E-state index is -1.65. The fourth-order valence-electron chi connectivity index (χ4n) is 16.3. The Hall–Kier alpha value is -14.6. The van der Waals surface area contributed by atoms with Crippen LogP contribution in [0.3, 0.4) is 0 Å². The lowest BCUT2D eigenvalue weighted by molar-refractivity contribution is -0.147. The summed E-state index contributed by atoms with van der Waals surface area (Å²) < 4.78 is 61.2. The van der Waals surface area contributed by atoms with E-state index in [0.29, 0.717) is 49.7 Å². The van der Waals surface area contributed by atoms with Crippen LogP contribution in [-0.2, 0) is 60.4 Å². The molecule has 0 saturated heterocycles. The highest BCUT2D eigenvalue weighted by atomic mass is 16.6. The zero-order chi connectivity index (χ0) is 84.5. The third-order valence-electron chi connectivity index (χ3n) is 21.9. The molecule has 2 saturated carbocycles. The number of imide groups is 2. The van der Waals surface area contributed by atoms with Crippen LogP contribution >= 0.6 is 0 Å². The van der Waals surface area contributed by atoms with E-state index in [1.807, 2.05) is 0 Å². The van der Waals surface area contributed by atoms with E-state index >= 15 is 28.8 Å². The molecule has 120 heavy (non-hydrogen) atoms. The Balaban J connectivity index is 1.06. The standard InChI is InChI=1S/C94H80N4O22/c1-49(2)89(105)119-63-35-19-29-57(43-63)95-83(99)69(37-51-21-11-9-12-22-51)97-85(101)65-45-71(115-59-31-15-25-53(39-59)91(107)111-5)77-79-73(117-61-33-17-27-55(41-61)93(109)113-7)47-67-76-68(88(104)98(87(67)103)70(38-52-23-13-10-14-24-52)84(100)96-58-30-20-36-64(44-58)120-90(106)50(3)4)48-74(118-62-34-18-28-56(42-62)94(110)114-8)80(82(76)79)78-72(46-66(86(97)102)75(65)81(77)78)116-60-32-16-26-54(40-60)92(108)112-6/h9-18,21-28,31-34,39-42,45-48,57-58,63-64,69-70H,1,3,19-20,29-30,35-38,43-44H2,2,4-8H3,(H,95,99)(H,96,100). The molecule has 26 heteroatoms. The second kappa shape index (κ2) is 33.9. The zero-order valence-corrected chi connectivity index (χ0v) is 66.1. The second-order valence-electron chi connectivity index (χ2n) is 29.9. The number of esters is 6. The van der Waals surface area contributed by atoms with Crippen LogP contribution in [-0.4, -0.2) is 146 Å². The lowest BCUT2D eigenvalue weighted by Crippen LogP contribution is -2.56. The van der Waals surface area contributed by atoms with E-state index in [-0.39, 0.29) is 170 Å². The van der Waals surface area contributed by atoms with Crippen molar-refractivity contribution in [3.05, 3.63) is 262 Å². The maximum atomic E-state index is 16.8. The molecule has 11 aromatic rings. The first-order chi connectivity index (χ1) is 57.9. The molecule has 15 rings (SSSR count). The van der Waals surface area contributed by atoms with Gasteiger partial charge in [0.25, 0.3) is 23.6 Å². The van der Waals surface area contributed by atoms with E-state index < -0.39 is 108 Å². The monoisotopic (exact) mass is 1620 g/mol. The number of nitrogens with zero attached hydrogens (tertiary/aromatic N) is 2. The molecule has 2 aliphatic heterocycles. The lowest BCUT2D eigenvalue weighted by Gasteiger charge is -2.37. The summed E-state index contributed by atoms with van der Waals surface area (Å²) in [5.74, 6) is -11.1. The predicted molar refractivity (Wildman–Crippen MR) is 438 cm³/mol. The number of benzene rings is 11. The summed E-state index contributed by atoms with van der Waals surface area (Å²) in [5.41, 5.74) is 0.427. The first-order valence-corrected chi connectivity index (χ1v) is 38.9. The maximum absolute atomic E-state index is 16.8. The molecular weight excluding hydrogens is 1540 g/mol. The smallest absolute Gasteiger partial charge is 0.337 e. The highest BCUT2D eigenvalue weighted by Gasteiger charge is 2.48. The van der Waals surface area contributed by atoms with E-state index in [4.69, 9.17) is 47.4 Å². The van der Waals surface area contributed by atoms with Gasteiger partial charge in [0.15, 0.2) is 0 Å². The summed E-state index contributed by atoms with van der Waals surface area (Å²) in [6, 6.07) is 41.8. The van der Waals surface area contributed by atoms with E-state index in [1.54, 1.807) is 60.7 Å². The number of carbonyl (C=O) groups is 12. The SMILES string of the molecule is C=C(C)C(=O)OC1CCCC(NC(=O)C(Cc2ccccc2)N2C(=O)c3cc(Oc4cccc(C(=O)OC)c4)c4c5c(Oc6cccc(C(=O)OC)c6)cc6c7c(cc(Oc8cccc(C(=O)OC)c8)c(c8c(Oc9cccc(C(=O)OC)c9)cc(c3c48)C2=O)c75)C(=O)N(C(Cc2ccccc2)C(=O)NC2CCCC(OC(=O)C(=C)C)C2)C6=O)C1. The Morgan fingerprint density at radius 2 is 0.650 bits per heavy atom. The molecule has 2 aliphatic carbocycles. The van der Waals surface area contributed by atoms with Crippen LogP contribution in [0.25, 0.3) is 43.1 Å². The van der Waals surface area contributed by atoms with Crippen molar-refractivity contribution >= 4 is 114 Å². The van der Waals surface area contributed by atoms with Crippen molar-refractivity contribution in [3.8, 4) is 46.0 Å². The molecular formula is C94H80N4O22. The van der Waals surface area contributed by atoms with Crippen molar-refractivity contribution in [1.82, 2.24) is 20.4 Å². The number of amides is 6. The molecule has 4 aliphatic rings. The molecule has 11 aromatic carbocycles. The number of ether oxygens (including phenoxy) is 10. The predicted octanol–water partition coefficient (Wildman–Crippen LogP) is 15.6. The first-order valence-electron chi connectivity index (χ1n) is 38.9. The first kappa shape index (κ1) is 80.6. The van der Waals surface area contributed by atoms with Gasteiger partial charge in [-0.3, -0.25) is 38.6 Å². The number of fused-ring (bicyclic) bond motifs is 2. The summed E-state index contributed by atoms with van der Waals surface area (Å²) in [7, 11) is 4.76. The van der Waals surface area contributed by atoms with Gasteiger partial charge in [0.2, 0.25) is 11.8 Å². The van der Waals surface area contributed by atoms with Gasteiger partial charge in [-0.1, -0.05) is 98.1 Å². The van der Waals surface area contributed by atoms with Crippen molar-refractivity contribution < 1.29 is 105 Å². The summed E-state index contributed by atoms with van der Waals surface area (Å²) >= 11 is 0. The average Bonchev–Trinajstić information content (AvgIpc) is 0.669. The van der Waals surface area contributed by atoms with Crippen molar-refractivity contribution in [3.63, 3.8) is 0 Å². The molecule has 608 valence electrons. The molecule has 26 nitrogen and oxygen atoms in total. The van der Waals surface area contributed by atoms with Crippen molar-refractivity contribution in [2.24, 2.45) is 0 Å². The van der Waals surface area contributed by atoms with Gasteiger partial charge in [0.1, 0.15) is 70.3 Å². The van der Waals surface area contributed by atoms with Gasteiger partial charge in [0, 0.05) is 92.0 Å². The van der Waals surface area contributed by atoms with E-state index in [0.717, 1.165) is 9.80 Å². The minimum absolute atomic E-state index is 0.00352. The molecule has 0 aromatic heterocycles. The third-order valence-corrected chi connectivity index (χ3v) is 21.9. The molecule has 0 bridgehead atoms. The van der Waals surface area contributed by atoms with Gasteiger partial charge in [-0.2, -0.15) is 0 Å².